The minimum absolute atomic E-state index is 0.0948. The molecule has 9 heteroatoms. The highest BCUT2D eigenvalue weighted by atomic mass is 35.5. The molecule has 7 nitrogen and oxygen atoms in total. The summed E-state index contributed by atoms with van der Waals surface area (Å²) < 4.78 is 22.8. The Morgan fingerprint density at radius 2 is 1.10 bits per heavy atom. The molecule has 0 radical (unpaired) electrons. The molecule has 2 aromatic rings. The first kappa shape index (κ1) is 27.5. The van der Waals surface area contributed by atoms with Crippen LogP contribution in [0.25, 0.3) is 11.1 Å². The van der Waals surface area contributed by atoms with Gasteiger partial charge in [-0.25, -0.2) is 0 Å². The van der Waals surface area contributed by atoms with Crippen molar-refractivity contribution in [2.75, 3.05) is 64.4 Å². The largest absolute Gasteiger partial charge is 0.486 e. The Labute approximate surface area is 245 Å². The maximum Gasteiger partial charge on any atom is 0.169 e. The number of ketones is 1. The molecule has 4 aliphatic rings. The third-order valence-corrected chi connectivity index (χ3v) is 8.72. The third-order valence-electron chi connectivity index (χ3n) is 8.14. The van der Waals surface area contributed by atoms with Gasteiger partial charge >= 0.3 is 0 Å². The topological polar surface area (TPSA) is 60.5 Å². The van der Waals surface area contributed by atoms with Gasteiger partial charge in [-0.05, 0) is 59.4 Å². The predicted octanol–water partition coefficient (Wildman–Crippen LogP) is 4.89. The lowest BCUT2D eigenvalue weighted by atomic mass is 9.95. The van der Waals surface area contributed by atoms with Gasteiger partial charge in [0.15, 0.2) is 28.8 Å². The average molecular weight is 586 g/mol. The molecule has 6 rings (SSSR count). The molecule has 2 unspecified atom stereocenters. The number of fused-ring (bicyclic) bond motifs is 2. The van der Waals surface area contributed by atoms with Gasteiger partial charge in [-0.15, -0.1) is 23.2 Å². The molecular weight excluding hydrogens is 551 g/mol. The molecule has 2 aromatic carbocycles. The number of nitrogens with zero attached hydrogens (tertiary/aromatic N) is 2. The SMILES string of the molecule is O=C(C(CCl)N1CC=C(c2ccc3c(c2)OCCO3)CC1)C(CCl)N1CC=C(c2ccc3c(c2)OCCO3)CC1. The van der Waals surface area contributed by atoms with E-state index in [4.69, 9.17) is 42.1 Å². The van der Waals surface area contributed by atoms with Gasteiger partial charge in [0.1, 0.15) is 26.4 Å². The van der Waals surface area contributed by atoms with Crippen molar-refractivity contribution in [2.24, 2.45) is 0 Å². The first-order valence-corrected chi connectivity index (χ1v) is 15.0. The molecule has 212 valence electrons. The van der Waals surface area contributed by atoms with Crippen LogP contribution in [0.1, 0.15) is 24.0 Å². The van der Waals surface area contributed by atoms with Crippen molar-refractivity contribution < 1.29 is 23.7 Å². The van der Waals surface area contributed by atoms with Crippen molar-refractivity contribution in [1.29, 1.82) is 0 Å². The molecule has 0 aromatic heterocycles. The molecule has 0 amide bonds. The summed E-state index contributed by atoms with van der Waals surface area (Å²) in [5, 5.41) is 0. The van der Waals surface area contributed by atoms with Gasteiger partial charge in [-0.1, -0.05) is 24.3 Å². The van der Waals surface area contributed by atoms with Crippen molar-refractivity contribution >= 4 is 40.1 Å². The van der Waals surface area contributed by atoms with Crippen LogP contribution in [-0.2, 0) is 4.79 Å². The zero-order chi connectivity index (χ0) is 27.5. The Morgan fingerprint density at radius 3 is 1.48 bits per heavy atom. The molecule has 4 heterocycles. The summed E-state index contributed by atoms with van der Waals surface area (Å²) >= 11 is 12.8. The van der Waals surface area contributed by atoms with Crippen molar-refractivity contribution in [3.05, 3.63) is 59.7 Å². The van der Waals surface area contributed by atoms with Crippen LogP contribution >= 0.6 is 23.2 Å². The maximum absolute atomic E-state index is 13.8. The van der Waals surface area contributed by atoms with Crippen LogP contribution in [0, 0.1) is 0 Å². The van der Waals surface area contributed by atoms with E-state index in [1.165, 1.54) is 11.1 Å². The zero-order valence-corrected chi connectivity index (χ0v) is 24.0. The van der Waals surface area contributed by atoms with E-state index in [-0.39, 0.29) is 29.6 Å². The van der Waals surface area contributed by atoms with Gasteiger partial charge in [-0.3, -0.25) is 14.6 Å². The van der Waals surface area contributed by atoms with Gasteiger partial charge in [0.2, 0.25) is 0 Å². The number of alkyl halides is 2. The summed E-state index contributed by atoms with van der Waals surface area (Å²) in [6.45, 7) is 5.13. The van der Waals surface area contributed by atoms with E-state index < -0.39 is 0 Å². The summed E-state index contributed by atoms with van der Waals surface area (Å²) in [7, 11) is 0. The number of Topliss-reactive ketones (excluding diaryl/α,β-unsaturated/α-hetero) is 1. The summed E-state index contributed by atoms with van der Waals surface area (Å²) in [6.07, 6.45) is 6.05. The predicted molar refractivity (Wildman–Crippen MR) is 157 cm³/mol. The van der Waals surface area contributed by atoms with Gasteiger partial charge in [0.25, 0.3) is 0 Å². The number of carbonyl (C=O) groups is 1. The number of hydrogen-bond donors (Lipinski definition) is 0. The molecule has 0 saturated heterocycles. The number of carbonyl (C=O) groups excluding carboxylic acids is 1. The Hall–Kier alpha value is -2.71. The number of benzene rings is 2. The number of hydrogen-bond acceptors (Lipinski definition) is 7. The highest BCUT2D eigenvalue weighted by Crippen LogP contribution is 2.36. The normalized spacial score (nSPS) is 20.8. The monoisotopic (exact) mass is 584 g/mol. The van der Waals surface area contributed by atoms with E-state index >= 15 is 0 Å². The smallest absolute Gasteiger partial charge is 0.169 e. The highest BCUT2D eigenvalue weighted by Gasteiger charge is 2.35. The molecule has 2 atom stereocenters. The van der Waals surface area contributed by atoms with Crippen LogP contribution in [0.3, 0.4) is 0 Å². The van der Waals surface area contributed by atoms with Crippen molar-refractivity contribution in [2.45, 2.75) is 24.9 Å². The quantitative estimate of drug-likeness (QED) is 0.409. The summed E-state index contributed by atoms with van der Waals surface area (Å²) in [4.78, 5) is 18.1. The first-order chi connectivity index (χ1) is 19.6. The molecule has 0 spiro atoms. The molecule has 0 saturated carbocycles. The lowest BCUT2D eigenvalue weighted by Crippen LogP contribution is -2.54. The van der Waals surface area contributed by atoms with Crippen LogP contribution in [-0.4, -0.2) is 92.0 Å². The van der Waals surface area contributed by atoms with Crippen LogP contribution in [0.4, 0.5) is 0 Å². The molecule has 0 bridgehead atoms. The molecule has 0 N–H and O–H groups in total. The average Bonchev–Trinajstić information content (AvgIpc) is 3.02. The molecular formula is C31H34Cl2N2O5. The van der Waals surface area contributed by atoms with E-state index in [1.54, 1.807) is 0 Å². The third kappa shape index (κ3) is 5.70. The van der Waals surface area contributed by atoms with E-state index in [0.717, 1.165) is 60.1 Å². The Balaban J connectivity index is 1.10. The van der Waals surface area contributed by atoms with Crippen molar-refractivity contribution in [1.82, 2.24) is 9.80 Å². The van der Waals surface area contributed by atoms with Crippen LogP contribution in [0.2, 0.25) is 0 Å². The standard InChI is InChI=1S/C31H34Cl2N2O5/c32-19-25(34-9-5-21(6-10-34)23-1-3-27-29(17-23)39-15-13-37-27)31(36)26(20-33)35-11-7-22(8-12-35)24-2-4-28-30(18-24)40-16-14-38-28/h1-5,7,17-18,25-26H,6,8-16,19-20H2. The summed E-state index contributed by atoms with van der Waals surface area (Å²) in [5.41, 5.74) is 4.75. The Kier molecular flexibility index (Phi) is 8.54. The van der Waals surface area contributed by atoms with Crippen LogP contribution in [0.5, 0.6) is 23.0 Å². The lowest BCUT2D eigenvalue weighted by molar-refractivity contribution is -0.128. The first-order valence-electron chi connectivity index (χ1n) is 14.0. The van der Waals surface area contributed by atoms with E-state index in [9.17, 15) is 4.79 Å². The second-order valence-corrected chi connectivity index (χ2v) is 11.0. The fourth-order valence-corrected chi connectivity index (χ4v) is 6.57. The molecule has 40 heavy (non-hydrogen) atoms. The number of ether oxygens (including phenoxy) is 4. The summed E-state index contributed by atoms with van der Waals surface area (Å²) in [6, 6.07) is 11.4. The fraction of sp³-hybridized carbons (Fsp3) is 0.452. The number of halogens is 2. The lowest BCUT2D eigenvalue weighted by Gasteiger charge is -2.38. The van der Waals surface area contributed by atoms with E-state index in [2.05, 4.69) is 34.1 Å². The van der Waals surface area contributed by atoms with Gasteiger partial charge in [0.05, 0.1) is 12.1 Å². The van der Waals surface area contributed by atoms with Gasteiger partial charge in [-0.2, -0.15) is 0 Å². The van der Waals surface area contributed by atoms with Crippen LogP contribution in [0.15, 0.2) is 48.6 Å². The second-order valence-electron chi connectivity index (χ2n) is 10.4. The van der Waals surface area contributed by atoms with E-state index in [1.807, 2.05) is 24.3 Å². The molecule has 4 aliphatic heterocycles. The van der Waals surface area contributed by atoms with Crippen molar-refractivity contribution in [3.63, 3.8) is 0 Å². The maximum atomic E-state index is 13.8. The van der Waals surface area contributed by atoms with Gasteiger partial charge < -0.3 is 18.9 Å². The minimum Gasteiger partial charge on any atom is -0.486 e. The van der Waals surface area contributed by atoms with Gasteiger partial charge in [0, 0.05) is 37.9 Å². The van der Waals surface area contributed by atoms with E-state index in [0.29, 0.717) is 39.5 Å². The minimum atomic E-state index is -0.383. The highest BCUT2D eigenvalue weighted by molar-refractivity contribution is 6.22. The zero-order valence-electron chi connectivity index (χ0n) is 22.5. The Bertz CT molecular complexity index is 1220. The van der Waals surface area contributed by atoms with Crippen LogP contribution < -0.4 is 18.9 Å². The second kappa shape index (κ2) is 12.4. The Morgan fingerprint density at radius 1 is 0.675 bits per heavy atom. The molecule has 0 fully saturated rings. The summed E-state index contributed by atoms with van der Waals surface area (Å²) in [5.74, 6) is 3.74. The molecule has 0 aliphatic carbocycles. The number of rotatable bonds is 8. The van der Waals surface area contributed by atoms with Crippen molar-refractivity contribution in [3.8, 4) is 23.0 Å². The fourth-order valence-electron chi connectivity index (χ4n) is 5.88.